The summed E-state index contributed by atoms with van der Waals surface area (Å²) in [5.74, 6) is 0.334. The summed E-state index contributed by atoms with van der Waals surface area (Å²) in [6.45, 7) is 3.79. The van der Waals surface area contributed by atoms with Crippen LogP contribution in [0.4, 0.5) is 0 Å². The molecular formula is C17H26N4O3S. The van der Waals surface area contributed by atoms with Crippen LogP contribution in [0.3, 0.4) is 0 Å². The minimum atomic E-state index is -3.76. The molecule has 25 heavy (non-hydrogen) atoms. The van der Waals surface area contributed by atoms with Gasteiger partial charge in [0.25, 0.3) is 10.0 Å². The standard InChI is InChI=1S/C17H26N4O3S/c1-2-18-16(21-13-17(12-19-21)8-3-4-9-17)20-25(23,24)15-7-5-6-14(10-15)11-22/h5-7,10,19,22H,2-4,8-9,11-13H2,1H3,(H,18,20). The van der Waals surface area contributed by atoms with E-state index in [4.69, 9.17) is 0 Å². The van der Waals surface area contributed by atoms with Crippen LogP contribution in [-0.4, -0.2) is 44.1 Å². The molecule has 1 spiro atoms. The van der Waals surface area contributed by atoms with Crippen LogP contribution in [0.1, 0.15) is 38.2 Å². The van der Waals surface area contributed by atoms with Crippen molar-refractivity contribution < 1.29 is 13.5 Å². The molecular weight excluding hydrogens is 340 g/mol. The minimum Gasteiger partial charge on any atom is -0.392 e. The Bertz CT molecular complexity index is 742. The molecule has 3 N–H and O–H groups in total. The van der Waals surface area contributed by atoms with E-state index in [0.29, 0.717) is 18.1 Å². The predicted molar refractivity (Wildman–Crippen MR) is 96.3 cm³/mol. The average molecular weight is 366 g/mol. The van der Waals surface area contributed by atoms with Gasteiger partial charge in [0.1, 0.15) is 0 Å². The van der Waals surface area contributed by atoms with Gasteiger partial charge in [-0.2, -0.15) is 0 Å². The largest absolute Gasteiger partial charge is 0.392 e. The molecule has 2 fully saturated rings. The highest BCUT2D eigenvalue weighted by Gasteiger charge is 2.41. The Morgan fingerprint density at radius 1 is 1.40 bits per heavy atom. The highest BCUT2D eigenvalue weighted by Crippen LogP contribution is 2.40. The number of nitrogens with one attached hydrogen (secondary N) is 2. The predicted octanol–water partition coefficient (Wildman–Crippen LogP) is 1.21. The molecule has 1 aromatic carbocycles. The smallest absolute Gasteiger partial charge is 0.264 e. The van der Waals surface area contributed by atoms with Crippen molar-refractivity contribution in [2.24, 2.45) is 10.4 Å². The van der Waals surface area contributed by atoms with Gasteiger partial charge in [0.2, 0.25) is 5.96 Å². The molecule has 2 aliphatic rings. The fraction of sp³-hybridized carbons (Fsp3) is 0.588. The molecule has 1 aliphatic heterocycles. The monoisotopic (exact) mass is 366 g/mol. The Hall–Kier alpha value is -1.64. The maximum Gasteiger partial charge on any atom is 0.264 e. The van der Waals surface area contributed by atoms with Crippen LogP contribution in [0, 0.1) is 5.41 Å². The summed E-state index contributed by atoms with van der Waals surface area (Å²) in [4.78, 5) is 4.48. The number of sulfonamides is 1. The van der Waals surface area contributed by atoms with Crippen LogP contribution in [0.25, 0.3) is 0 Å². The van der Waals surface area contributed by atoms with Gasteiger partial charge in [-0.25, -0.2) is 18.6 Å². The minimum absolute atomic E-state index is 0.123. The van der Waals surface area contributed by atoms with Gasteiger partial charge in [0, 0.05) is 25.0 Å². The molecule has 1 saturated heterocycles. The number of benzene rings is 1. The van der Waals surface area contributed by atoms with E-state index in [-0.39, 0.29) is 16.9 Å². The fourth-order valence-corrected chi connectivity index (χ4v) is 4.73. The number of aliphatic hydroxyl groups excluding tert-OH is 1. The van der Waals surface area contributed by atoms with Crippen molar-refractivity contribution in [1.82, 2.24) is 15.2 Å². The number of rotatable bonds is 4. The summed E-state index contributed by atoms with van der Waals surface area (Å²) in [5, 5.41) is 11.1. The van der Waals surface area contributed by atoms with E-state index in [9.17, 15) is 13.5 Å². The third-order valence-electron chi connectivity index (χ3n) is 4.98. The summed E-state index contributed by atoms with van der Waals surface area (Å²) >= 11 is 0. The van der Waals surface area contributed by atoms with E-state index in [1.807, 2.05) is 11.9 Å². The first-order valence-corrected chi connectivity index (χ1v) is 10.2. The summed E-state index contributed by atoms with van der Waals surface area (Å²) in [6, 6.07) is 6.30. The van der Waals surface area contributed by atoms with Crippen molar-refractivity contribution in [1.29, 1.82) is 0 Å². The van der Waals surface area contributed by atoms with E-state index in [1.54, 1.807) is 12.1 Å². The van der Waals surface area contributed by atoms with Gasteiger partial charge in [-0.15, -0.1) is 0 Å². The molecule has 1 aliphatic carbocycles. The molecule has 8 heteroatoms. The number of hydrazine groups is 1. The molecule has 1 heterocycles. The number of aliphatic imine (C=N–C) groups is 1. The number of aliphatic hydroxyl groups is 1. The van der Waals surface area contributed by atoms with Gasteiger partial charge < -0.3 is 5.11 Å². The summed E-state index contributed by atoms with van der Waals surface area (Å²) < 4.78 is 28.1. The third-order valence-corrected chi connectivity index (χ3v) is 6.31. The van der Waals surface area contributed by atoms with Gasteiger partial charge in [-0.3, -0.25) is 10.0 Å². The van der Waals surface area contributed by atoms with Crippen molar-refractivity contribution in [3.05, 3.63) is 29.8 Å². The van der Waals surface area contributed by atoms with Crippen molar-refractivity contribution in [3.8, 4) is 0 Å². The zero-order chi connectivity index (χ0) is 17.9. The van der Waals surface area contributed by atoms with Crippen LogP contribution in [0.15, 0.2) is 34.2 Å². The molecule has 138 valence electrons. The van der Waals surface area contributed by atoms with Crippen molar-refractivity contribution >= 4 is 16.0 Å². The maximum absolute atomic E-state index is 12.7. The summed E-state index contributed by atoms with van der Waals surface area (Å²) in [5.41, 5.74) is 4.10. The second-order valence-electron chi connectivity index (χ2n) is 6.84. The Balaban J connectivity index is 1.78. The highest BCUT2D eigenvalue weighted by atomic mass is 32.2. The Morgan fingerprint density at radius 2 is 2.16 bits per heavy atom. The van der Waals surface area contributed by atoms with Gasteiger partial charge in [-0.05, 0) is 37.5 Å². The van der Waals surface area contributed by atoms with Crippen LogP contribution in [0.2, 0.25) is 0 Å². The van der Waals surface area contributed by atoms with E-state index >= 15 is 0 Å². The molecule has 1 saturated carbocycles. The Morgan fingerprint density at radius 3 is 2.84 bits per heavy atom. The number of nitrogens with zero attached hydrogens (tertiary/aromatic N) is 2. The lowest BCUT2D eigenvalue weighted by Gasteiger charge is -2.24. The van der Waals surface area contributed by atoms with Crippen LogP contribution >= 0.6 is 0 Å². The van der Waals surface area contributed by atoms with Gasteiger partial charge in [0.05, 0.1) is 11.5 Å². The molecule has 0 bridgehead atoms. The number of guanidine groups is 1. The average Bonchev–Trinajstić information content (AvgIpc) is 3.25. The van der Waals surface area contributed by atoms with Crippen LogP contribution < -0.4 is 10.1 Å². The maximum atomic E-state index is 12.7. The van der Waals surface area contributed by atoms with Crippen LogP contribution in [0.5, 0.6) is 0 Å². The van der Waals surface area contributed by atoms with Gasteiger partial charge >= 0.3 is 0 Å². The Labute approximate surface area is 149 Å². The second kappa shape index (κ2) is 7.31. The van der Waals surface area contributed by atoms with E-state index < -0.39 is 10.0 Å². The van der Waals surface area contributed by atoms with Crippen molar-refractivity contribution in [2.75, 3.05) is 19.6 Å². The summed E-state index contributed by atoms with van der Waals surface area (Å²) in [6.07, 6.45) is 4.80. The zero-order valence-electron chi connectivity index (χ0n) is 14.5. The summed E-state index contributed by atoms with van der Waals surface area (Å²) in [7, 11) is -3.76. The third kappa shape index (κ3) is 3.96. The first-order chi connectivity index (χ1) is 12.0. The van der Waals surface area contributed by atoms with E-state index in [1.165, 1.54) is 37.8 Å². The lowest BCUT2D eigenvalue weighted by Crippen LogP contribution is -2.47. The zero-order valence-corrected chi connectivity index (χ0v) is 15.3. The first kappa shape index (κ1) is 18.2. The fourth-order valence-electron chi connectivity index (χ4n) is 3.63. The van der Waals surface area contributed by atoms with Crippen molar-refractivity contribution in [2.45, 2.75) is 44.1 Å². The highest BCUT2D eigenvalue weighted by molar-refractivity contribution is 7.90. The molecule has 0 amide bonds. The van der Waals surface area contributed by atoms with Gasteiger partial charge in [-0.1, -0.05) is 25.0 Å². The molecule has 3 rings (SSSR count). The number of hydrogen-bond donors (Lipinski definition) is 3. The normalized spacial score (nSPS) is 20.4. The van der Waals surface area contributed by atoms with Gasteiger partial charge in [0.15, 0.2) is 0 Å². The molecule has 1 aromatic rings. The molecule has 0 aromatic heterocycles. The second-order valence-corrected chi connectivity index (χ2v) is 8.52. The van der Waals surface area contributed by atoms with E-state index in [2.05, 4.69) is 15.1 Å². The first-order valence-electron chi connectivity index (χ1n) is 8.76. The lowest BCUT2D eigenvalue weighted by atomic mass is 9.88. The van der Waals surface area contributed by atoms with E-state index in [0.717, 1.165) is 13.1 Å². The van der Waals surface area contributed by atoms with Crippen molar-refractivity contribution in [3.63, 3.8) is 0 Å². The molecule has 0 unspecified atom stereocenters. The molecule has 0 atom stereocenters. The lowest BCUT2D eigenvalue weighted by molar-refractivity contribution is 0.281. The number of hydrogen-bond acceptors (Lipinski definition) is 5. The Kier molecular flexibility index (Phi) is 5.31. The van der Waals surface area contributed by atoms with Crippen LogP contribution in [-0.2, 0) is 16.6 Å². The SMILES string of the molecule is CCN=C(NS(=O)(=O)c1cccc(CO)c1)N1CC2(CCCC2)CN1. The topological polar surface area (TPSA) is 94.0 Å². The molecule has 0 radical (unpaired) electrons. The quantitative estimate of drug-likeness (QED) is 0.550. The molecule has 7 nitrogen and oxygen atoms in total.